The number of nitrogens with zero attached hydrogens (tertiary/aromatic N) is 1. The van der Waals surface area contributed by atoms with Crippen molar-refractivity contribution in [3.8, 4) is 11.5 Å². The zero-order chi connectivity index (χ0) is 15.2. The summed E-state index contributed by atoms with van der Waals surface area (Å²) in [5.41, 5.74) is 0.623. The van der Waals surface area contributed by atoms with Crippen molar-refractivity contribution >= 4 is 18.3 Å². The Morgan fingerprint density at radius 2 is 1.73 bits per heavy atom. The molecule has 6 heteroatoms. The van der Waals surface area contributed by atoms with E-state index in [0.717, 1.165) is 32.5 Å². The number of ether oxygens (including phenoxy) is 2. The lowest BCUT2D eigenvalue weighted by atomic mass is 9.96. The van der Waals surface area contributed by atoms with E-state index >= 15 is 0 Å². The quantitative estimate of drug-likeness (QED) is 0.900. The van der Waals surface area contributed by atoms with Crippen LogP contribution in [0.1, 0.15) is 23.2 Å². The second kappa shape index (κ2) is 8.86. The number of carbonyl (C=O) groups excluding carboxylic acids is 1. The van der Waals surface area contributed by atoms with Crippen LogP contribution in [0.4, 0.5) is 0 Å². The number of nitrogens with one attached hydrogen (secondary N) is 1. The largest absolute Gasteiger partial charge is 0.497 e. The van der Waals surface area contributed by atoms with Gasteiger partial charge in [0.25, 0.3) is 5.91 Å². The van der Waals surface area contributed by atoms with Gasteiger partial charge in [0.15, 0.2) is 0 Å². The summed E-state index contributed by atoms with van der Waals surface area (Å²) in [6, 6.07) is 5.31. The van der Waals surface area contributed by atoms with Crippen molar-refractivity contribution in [1.82, 2.24) is 10.2 Å². The first kappa shape index (κ1) is 18.6. The van der Waals surface area contributed by atoms with E-state index in [1.807, 2.05) is 11.9 Å². The summed E-state index contributed by atoms with van der Waals surface area (Å²) in [4.78, 5) is 14.5. The zero-order valence-corrected chi connectivity index (χ0v) is 14.2. The van der Waals surface area contributed by atoms with E-state index in [0.29, 0.717) is 23.0 Å². The Bertz CT molecular complexity index is 466. The van der Waals surface area contributed by atoms with Crippen molar-refractivity contribution in [2.75, 3.05) is 40.9 Å². The molecule has 22 heavy (non-hydrogen) atoms. The summed E-state index contributed by atoms with van der Waals surface area (Å²) in [6.45, 7) is 2.64. The molecule has 1 heterocycles. The molecule has 1 fully saturated rings. The van der Waals surface area contributed by atoms with Crippen molar-refractivity contribution in [3.63, 3.8) is 0 Å². The molecule has 1 aliphatic heterocycles. The highest BCUT2D eigenvalue weighted by Crippen LogP contribution is 2.25. The van der Waals surface area contributed by atoms with Crippen LogP contribution in [-0.2, 0) is 0 Å². The Balaban J connectivity index is 0.00000242. The van der Waals surface area contributed by atoms with Crippen molar-refractivity contribution in [2.24, 2.45) is 5.92 Å². The summed E-state index contributed by atoms with van der Waals surface area (Å²) in [7, 11) is 5.15. The molecule has 1 aromatic carbocycles. The SMILES string of the molecule is CNCC1CCN(C(=O)c2cc(OC)cc(OC)c2)CC1.Cl. The van der Waals surface area contributed by atoms with Gasteiger partial charge in [-0.1, -0.05) is 0 Å². The van der Waals surface area contributed by atoms with E-state index in [4.69, 9.17) is 9.47 Å². The molecule has 0 aliphatic carbocycles. The standard InChI is InChI=1S/C16H24N2O3.ClH/c1-17-11-12-4-6-18(7-5-12)16(19)13-8-14(20-2)10-15(9-13)21-3;/h8-10,12,17H,4-7,11H2,1-3H3;1H. The second-order valence-corrected chi connectivity index (χ2v) is 5.39. The molecular weight excluding hydrogens is 304 g/mol. The molecule has 0 saturated carbocycles. The minimum atomic E-state index is 0. The molecule has 0 bridgehead atoms. The van der Waals surface area contributed by atoms with Crippen LogP contribution in [0.15, 0.2) is 18.2 Å². The number of benzene rings is 1. The van der Waals surface area contributed by atoms with Crippen LogP contribution >= 0.6 is 12.4 Å². The number of rotatable bonds is 5. The van der Waals surface area contributed by atoms with Gasteiger partial charge in [0.2, 0.25) is 0 Å². The molecule has 0 aromatic heterocycles. The first-order chi connectivity index (χ1) is 10.2. The monoisotopic (exact) mass is 328 g/mol. The maximum Gasteiger partial charge on any atom is 0.254 e. The summed E-state index contributed by atoms with van der Waals surface area (Å²) >= 11 is 0. The lowest BCUT2D eigenvalue weighted by Crippen LogP contribution is -2.40. The molecule has 124 valence electrons. The topological polar surface area (TPSA) is 50.8 Å². The molecule has 1 aromatic rings. The van der Waals surface area contributed by atoms with Crippen LogP contribution in [-0.4, -0.2) is 51.7 Å². The molecule has 5 nitrogen and oxygen atoms in total. The summed E-state index contributed by atoms with van der Waals surface area (Å²) in [6.07, 6.45) is 2.10. The van der Waals surface area contributed by atoms with Crippen LogP contribution in [0, 0.1) is 5.92 Å². The number of amides is 1. The Hall–Kier alpha value is -1.46. The van der Waals surface area contributed by atoms with Crippen LogP contribution < -0.4 is 14.8 Å². The molecule has 1 aliphatic rings. The van der Waals surface area contributed by atoms with E-state index in [2.05, 4.69) is 5.32 Å². The molecule has 1 saturated heterocycles. The van der Waals surface area contributed by atoms with Gasteiger partial charge < -0.3 is 19.7 Å². The molecule has 0 unspecified atom stereocenters. The Kier molecular flexibility index (Phi) is 7.48. The van der Waals surface area contributed by atoms with Crippen LogP contribution in [0.2, 0.25) is 0 Å². The minimum absolute atomic E-state index is 0. The van der Waals surface area contributed by atoms with Gasteiger partial charge >= 0.3 is 0 Å². The number of piperidine rings is 1. The smallest absolute Gasteiger partial charge is 0.254 e. The average Bonchev–Trinajstić information content (AvgIpc) is 2.54. The molecular formula is C16H25ClN2O3. The predicted molar refractivity (Wildman–Crippen MR) is 89.3 cm³/mol. The van der Waals surface area contributed by atoms with Crippen molar-refractivity contribution in [1.29, 1.82) is 0 Å². The van der Waals surface area contributed by atoms with E-state index < -0.39 is 0 Å². The van der Waals surface area contributed by atoms with Gasteiger partial charge in [-0.25, -0.2) is 0 Å². The number of hydrogen-bond acceptors (Lipinski definition) is 4. The first-order valence-corrected chi connectivity index (χ1v) is 7.35. The normalized spacial score (nSPS) is 15.1. The highest BCUT2D eigenvalue weighted by Gasteiger charge is 2.23. The number of hydrogen-bond donors (Lipinski definition) is 1. The van der Waals surface area contributed by atoms with Gasteiger partial charge in [-0.2, -0.15) is 0 Å². The fourth-order valence-corrected chi connectivity index (χ4v) is 2.74. The molecule has 0 atom stereocenters. The Labute approximate surface area is 138 Å². The number of likely N-dealkylation sites (tertiary alicyclic amines) is 1. The van der Waals surface area contributed by atoms with Gasteiger partial charge in [-0.15, -0.1) is 12.4 Å². The first-order valence-electron chi connectivity index (χ1n) is 7.35. The minimum Gasteiger partial charge on any atom is -0.497 e. The van der Waals surface area contributed by atoms with Gasteiger partial charge in [0, 0.05) is 24.7 Å². The highest BCUT2D eigenvalue weighted by atomic mass is 35.5. The number of methoxy groups -OCH3 is 2. The van der Waals surface area contributed by atoms with Crippen LogP contribution in [0.3, 0.4) is 0 Å². The third-order valence-corrected chi connectivity index (χ3v) is 3.99. The van der Waals surface area contributed by atoms with Gasteiger partial charge in [0.1, 0.15) is 11.5 Å². The summed E-state index contributed by atoms with van der Waals surface area (Å²) in [5.74, 6) is 2.00. The predicted octanol–water partition coefficient (Wildman–Crippen LogP) is 2.20. The van der Waals surface area contributed by atoms with E-state index in [1.165, 1.54) is 0 Å². The number of carbonyl (C=O) groups is 1. The summed E-state index contributed by atoms with van der Waals surface area (Å²) in [5, 5.41) is 3.21. The van der Waals surface area contributed by atoms with Crippen molar-refractivity contribution < 1.29 is 14.3 Å². The third kappa shape index (κ3) is 4.52. The lowest BCUT2D eigenvalue weighted by molar-refractivity contribution is 0.0690. The Morgan fingerprint density at radius 1 is 1.18 bits per heavy atom. The van der Waals surface area contributed by atoms with Crippen molar-refractivity contribution in [3.05, 3.63) is 23.8 Å². The molecule has 1 N–H and O–H groups in total. The van der Waals surface area contributed by atoms with Gasteiger partial charge in [-0.3, -0.25) is 4.79 Å². The van der Waals surface area contributed by atoms with E-state index in [1.54, 1.807) is 32.4 Å². The average molecular weight is 329 g/mol. The third-order valence-electron chi connectivity index (χ3n) is 3.99. The fraction of sp³-hybridized carbons (Fsp3) is 0.562. The van der Waals surface area contributed by atoms with Crippen LogP contribution in [0.25, 0.3) is 0 Å². The van der Waals surface area contributed by atoms with Crippen molar-refractivity contribution in [2.45, 2.75) is 12.8 Å². The van der Waals surface area contributed by atoms with Crippen LogP contribution in [0.5, 0.6) is 11.5 Å². The zero-order valence-electron chi connectivity index (χ0n) is 13.4. The van der Waals surface area contributed by atoms with E-state index in [-0.39, 0.29) is 18.3 Å². The lowest BCUT2D eigenvalue weighted by Gasteiger charge is -2.32. The molecule has 2 rings (SSSR count). The maximum atomic E-state index is 12.6. The number of halogens is 1. The van der Waals surface area contributed by atoms with E-state index in [9.17, 15) is 4.79 Å². The fourth-order valence-electron chi connectivity index (χ4n) is 2.74. The summed E-state index contributed by atoms with van der Waals surface area (Å²) < 4.78 is 10.4. The Morgan fingerprint density at radius 3 is 2.18 bits per heavy atom. The molecule has 1 amide bonds. The highest BCUT2D eigenvalue weighted by molar-refractivity contribution is 5.95. The van der Waals surface area contributed by atoms with Gasteiger partial charge in [0.05, 0.1) is 14.2 Å². The maximum absolute atomic E-state index is 12.6. The second-order valence-electron chi connectivity index (χ2n) is 5.39. The van der Waals surface area contributed by atoms with Gasteiger partial charge in [-0.05, 0) is 44.5 Å². The molecule has 0 radical (unpaired) electrons. The molecule has 0 spiro atoms.